The molecule has 1 unspecified atom stereocenters. The molecule has 2 aliphatic carbocycles. The fourth-order valence-electron chi connectivity index (χ4n) is 2.99. The zero-order valence-electron chi connectivity index (χ0n) is 12.7. The van der Waals surface area contributed by atoms with Crippen LogP contribution in [-0.4, -0.2) is 24.5 Å². The first kappa shape index (κ1) is 14.8. The van der Waals surface area contributed by atoms with Gasteiger partial charge in [-0.3, -0.25) is 4.79 Å². The number of rotatable bonds is 9. The van der Waals surface area contributed by atoms with Crippen molar-refractivity contribution in [2.75, 3.05) is 6.54 Å². The van der Waals surface area contributed by atoms with Gasteiger partial charge in [-0.25, -0.2) is 0 Å². The maximum atomic E-state index is 12.1. The lowest BCUT2D eigenvalue weighted by molar-refractivity contribution is -0.123. The van der Waals surface area contributed by atoms with Gasteiger partial charge in [-0.2, -0.15) is 0 Å². The Morgan fingerprint density at radius 2 is 1.63 bits per heavy atom. The van der Waals surface area contributed by atoms with Gasteiger partial charge in [-0.15, -0.1) is 0 Å². The average Bonchev–Trinajstić information content (AvgIpc) is 3.28. The molecule has 0 aromatic rings. The van der Waals surface area contributed by atoms with Crippen LogP contribution >= 0.6 is 0 Å². The van der Waals surface area contributed by atoms with Gasteiger partial charge in [-0.05, 0) is 69.7 Å². The molecule has 3 heteroatoms. The average molecular weight is 266 g/mol. The molecule has 2 fully saturated rings. The van der Waals surface area contributed by atoms with E-state index in [1.807, 2.05) is 6.92 Å². The summed E-state index contributed by atoms with van der Waals surface area (Å²) in [4.78, 5) is 12.1. The predicted octanol–water partition coefficient (Wildman–Crippen LogP) is 2.71. The van der Waals surface area contributed by atoms with Crippen LogP contribution in [0.1, 0.15) is 59.3 Å². The molecule has 3 nitrogen and oxygen atoms in total. The van der Waals surface area contributed by atoms with Crippen molar-refractivity contribution in [1.82, 2.24) is 10.6 Å². The van der Waals surface area contributed by atoms with Gasteiger partial charge < -0.3 is 10.6 Å². The van der Waals surface area contributed by atoms with Gasteiger partial charge in [0, 0.05) is 6.04 Å². The SMILES string of the molecule is CCC(CC)NC(=O)C(C)NCC(C1CC1)C1CC1. The van der Waals surface area contributed by atoms with E-state index in [1.165, 1.54) is 25.7 Å². The van der Waals surface area contributed by atoms with Crippen molar-refractivity contribution < 1.29 is 4.79 Å². The first-order chi connectivity index (χ1) is 9.15. The van der Waals surface area contributed by atoms with Gasteiger partial charge in [-0.1, -0.05) is 13.8 Å². The molecular formula is C16H30N2O. The number of hydrogen-bond acceptors (Lipinski definition) is 2. The smallest absolute Gasteiger partial charge is 0.237 e. The second kappa shape index (κ2) is 6.74. The summed E-state index contributed by atoms with van der Waals surface area (Å²) in [6.07, 6.45) is 7.69. The van der Waals surface area contributed by atoms with E-state index in [0.29, 0.717) is 6.04 Å². The highest BCUT2D eigenvalue weighted by molar-refractivity contribution is 5.81. The quantitative estimate of drug-likeness (QED) is 0.674. The molecule has 2 rings (SSSR count). The van der Waals surface area contributed by atoms with Crippen LogP contribution in [0.15, 0.2) is 0 Å². The molecule has 2 saturated carbocycles. The third-order valence-electron chi connectivity index (χ3n) is 4.84. The van der Waals surface area contributed by atoms with Crippen molar-refractivity contribution in [1.29, 1.82) is 0 Å². The van der Waals surface area contributed by atoms with Gasteiger partial charge in [0.25, 0.3) is 0 Å². The molecule has 0 bridgehead atoms. The molecule has 0 aliphatic heterocycles. The van der Waals surface area contributed by atoms with Crippen molar-refractivity contribution in [3.05, 3.63) is 0 Å². The lowest BCUT2D eigenvalue weighted by Crippen LogP contribution is -2.47. The minimum absolute atomic E-state index is 0.0550. The molecule has 19 heavy (non-hydrogen) atoms. The predicted molar refractivity (Wildman–Crippen MR) is 78.9 cm³/mol. The number of nitrogens with one attached hydrogen (secondary N) is 2. The Hall–Kier alpha value is -0.570. The topological polar surface area (TPSA) is 41.1 Å². The van der Waals surface area contributed by atoms with E-state index in [0.717, 1.165) is 37.1 Å². The summed E-state index contributed by atoms with van der Waals surface area (Å²) in [5, 5.41) is 6.59. The second-order valence-corrected chi connectivity index (χ2v) is 6.49. The second-order valence-electron chi connectivity index (χ2n) is 6.49. The molecule has 1 amide bonds. The largest absolute Gasteiger partial charge is 0.352 e. The first-order valence-electron chi connectivity index (χ1n) is 8.19. The molecule has 0 spiro atoms. The van der Waals surface area contributed by atoms with Gasteiger partial charge >= 0.3 is 0 Å². The summed E-state index contributed by atoms with van der Waals surface area (Å²) in [7, 11) is 0. The Bertz CT molecular complexity index is 281. The summed E-state index contributed by atoms with van der Waals surface area (Å²) in [6.45, 7) is 7.28. The Labute approximate surface area is 117 Å². The standard InChI is InChI=1S/C16H30N2O/c1-4-14(5-2)18-16(19)11(3)17-10-15(12-6-7-12)13-8-9-13/h11-15,17H,4-10H2,1-3H3,(H,18,19). The molecule has 0 saturated heterocycles. The van der Waals surface area contributed by atoms with Gasteiger partial charge in [0.1, 0.15) is 0 Å². The van der Waals surface area contributed by atoms with E-state index in [1.54, 1.807) is 0 Å². The summed E-state index contributed by atoms with van der Waals surface area (Å²) >= 11 is 0. The van der Waals surface area contributed by atoms with Crippen LogP contribution < -0.4 is 10.6 Å². The number of carbonyl (C=O) groups is 1. The third kappa shape index (κ3) is 4.48. The maximum Gasteiger partial charge on any atom is 0.237 e. The number of amides is 1. The van der Waals surface area contributed by atoms with E-state index in [4.69, 9.17) is 0 Å². The first-order valence-corrected chi connectivity index (χ1v) is 8.19. The molecule has 2 aliphatic rings. The van der Waals surface area contributed by atoms with Crippen molar-refractivity contribution >= 4 is 5.91 Å². The van der Waals surface area contributed by atoms with E-state index in [-0.39, 0.29) is 11.9 Å². The van der Waals surface area contributed by atoms with Gasteiger partial charge in [0.15, 0.2) is 0 Å². The summed E-state index contributed by atoms with van der Waals surface area (Å²) in [6, 6.07) is 0.278. The fraction of sp³-hybridized carbons (Fsp3) is 0.938. The van der Waals surface area contributed by atoms with E-state index in [9.17, 15) is 4.79 Å². The Balaban J connectivity index is 1.70. The normalized spacial score (nSPS) is 20.9. The van der Waals surface area contributed by atoms with Crippen LogP contribution in [0, 0.1) is 17.8 Å². The molecule has 0 aromatic carbocycles. The molecule has 0 aromatic heterocycles. The van der Waals surface area contributed by atoms with Crippen LogP contribution in [0.25, 0.3) is 0 Å². The molecule has 1 atom stereocenters. The maximum absolute atomic E-state index is 12.1. The van der Waals surface area contributed by atoms with Crippen molar-refractivity contribution in [2.24, 2.45) is 17.8 Å². The molecule has 110 valence electrons. The Kier molecular flexibility index (Phi) is 5.26. The van der Waals surface area contributed by atoms with Crippen LogP contribution in [-0.2, 0) is 4.79 Å². The summed E-state index contributed by atoms with van der Waals surface area (Å²) < 4.78 is 0. The van der Waals surface area contributed by atoms with Crippen LogP contribution in [0.2, 0.25) is 0 Å². The highest BCUT2D eigenvalue weighted by Gasteiger charge is 2.41. The lowest BCUT2D eigenvalue weighted by Gasteiger charge is -2.22. The lowest BCUT2D eigenvalue weighted by atomic mass is 9.97. The van der Waals surface area contributed by atoms with Crippen molar-refractivity contribution in [3.8, 4) is 0 Å². The molecular weight excluding hydrogens is 236 g/mol. The minimum Gasteiger partial charge on any atom is -0.352 e. The number of hydrogen-bond donors (Lipinski definition) is 2. The zero-order valence-corrected chi connectivity index (χ0v) is 12.7. The van der Waals surface area contributed by atoms with Gasteiger partial charge in [0.2, 0.25) is 5.91 Å². The molecule has 2 N–H and O–H groups in total. The van der Waals surface area contributed by atoms with Crippen LogP contribution in [0.5, 0.6) is 0 Å². The van der Waals surface area contributed by atoms with Crippen molar-refractivity contribution in [2.45, 2.75) is 71.4 Å². The highest BCUT2D eigenvalue weighted by atomic mass is 16.2. The Morgan fingerprint density at radius 3 is 2.05 bits per heavy atom. The van der Waals surface area contributed by atoms with Gasteiger partial charge in [0.05, 0.1) is 6.04 Å². The summed E-state index contributed by atoms with van der Waals surface area (Å²) in [5.41, 5.74) is 0. The zero-order chi connectivity index (χ0) is 13.8. The Morgan fingerprint density at radius 1 is 1.11 bits per heavy atom. The monoisotopic (exact) mass is 266 g/mol. The minimum atomic E-state index is -0.0550. The van der Waals surface area contributed by atoms with Crippen LogP contribution in [0.4, 0.5) is 0 Å². The van der Waals surface area contributed by atoms with Crippen molar-refractivity contribution in [3.63, 3.8) is 0 Å². The van der Waals surface area contributed by atoms with Crippen LogP contribution in [0.3, 0.4) is 0 Å². The summed E-state index contributed by atoms with van der Waals surface area (Å²) in [5.74, 6) is 2.91. The fourth-order valence-corrected chi connectivity index (χ4v) is 2.99. The molecule has 0 heterocycles. The third-order valence-corrected chi connectivity index (χ3v) is 4.84. The number of carbonyl (C=O) groups excluding carboxylic acids is 1. The highest BCUT2D eigenvalue weighted by Crippen LogP contribution is 2.48. The molecule has 0 radical (unpaired) electrons. The van der Waals surface area contributed by atoms with E-state index < -0.39 is 0 Å². The van der Waals surface area contributed by atoms with E-state index >= 15 is 0 Å². The van der Waals surface area contributed by atoms with E-state index in [2.05, 4.69) is 24.5 Å².